The van der Waals surface area contributed by atoms with Gasteiger partial charge in [-0.1, -0.05) is 48.5 Å². The van der Waals surface area contributed by atoms with E-state index in [1.54, 1.807) is 27.4 Å². The number of para-hydroxylation sites is 1. The van der Waals surface area contributed by atoms with Crippen LogP contribution in [0.2, 0.25) is 5.02 Å². The summed E-state index contributed by atoms with van der Waals surface area (Å²) in [7, 11) is 0. The lowest BCUT2D eigenvalue weighted by Crippen LogP contribution is -2.23. The third-order valence-electron chi connectivity index (χ3n) is 4.47. The number of thioether (sulfide) groups is 1. The average Bonchev–Trinajstić information content (AvgIpc) is 3.21. The van der Waals surface area contributed by atoms with Crippen LogP contribution in [0.4, 0.5) is 0 Å². The lowest BCUT2D eigenvalue weighted by Gasteiger charge is -2.16. The Morgan fingerprint density at radius 3 is 2.72 bits per heavy atom. The van der Waals surface area contributed by atoms with Crippen molar-refractivity contribution in [1.82, 2.24) is 29.8 Å². The van der Waals surface area contributed by atoms with E-state index in [0.717, 1.165) is 12.1 Å². The summed E-state index contributed by atoms with van der Waals surface area (Å²) in [6.45, 7) is 4.62. The van der Waals surface area contributed by atoms with Gasteiger partial charge in [0.15, 0.2) is 11.0 Å². The van der Waals surface area contributed by atoms with E-state index in [1.807, 2.05) is 44.2 Å². The fourth-order valence-corrected chi connectivity index (χ4v) is 4.28. The van der Waals surface area contributed by atoms with Gasteiger partial charge in [0.05, 0.1) is 21.8 Å². The highest BCUT2D eigenvalue weighted by molar-refractivity contribution is 7.99. The topological polar surface area (TPSA) is 78.5 Å². The molecule has 2 aromatic carbocycles. The van der Waals surface area contributed by atoms with E-state index in [0.29, 0.717) is 33.5 Å². The summed E-state index contributed by atoms with van der Waals surface area (Å²) in [5.74, 6) is 0.685. The number of hydrogen-bond acceptors (Lipinski definition) is 6. The van der Waals surface area contributed by atoms with Crippen molar-refractivity contribution in [3.8, 4) is 5.69 Å². The molecule has 0 bridgehead atoms. The maximum atomic E-state index is 13.0. The summed E-state index contributed by atoms with van der Waals surface area (Å²) in [6, 6.07) is 14.9. The molecule has 148 valence electrons. The summed E-state index contributed by atoms with van der Waals surface area (Å²) >= 11 is 7.57. The largest absolute Gasteiger partial charge is 0.287 e. The Morgan fingerprint density at radius 1 is 1.17 bits per heavy atom. The molecule has 0 N–H and O–H groups in total. The van der Waals surface area contributed by atoms with Crippen LogP contribution in [0.3, 0.4) is 0 Å². The summed E-state index contributed by atoms with van der Waals surface area (Å²) < 4.78 is 3.42. The highest BCUT2D eigenvalue weighted by Crippen LogP contribution is 2.33. The molecule has 0 saturated carbocycles. The molecule has 29 heavy (non-hydrogen) atoms. The van der Waals surface area contributed by atoms with Crippen molar-refractivity contribution in [2.75, 3.05) is 0 Å². The molecule has 1 atom stereocenters. The Morgan fingerprint density at radius 2 is 1.97 bits per heavy atom. The fourth-order valence-electron chi connectivity index (χ4n) is 3.10. The fraction of sp³-hybridized carbons (Fsp3) is 0.250. The second-order valence-corrected chi connectivity index (χ2v) is 8.30. The van der Waals surface area contributed by atoms with E-state index in [9.17, 15) is 4.79 Å². The van der Waals surface area contributed by atoms with Crippen molar-refractivity contribution in [2.24, 2.45) is 0 Å². The van der Waals surface area contributed by atoms with Gasteiger partial charge in [-0.05, 0) is 54.1 Å². The van der Waals surface area contributed by atoms with Crippen molar-refractivity contribution < 1.29 is 0 Å². The average molecular weight is 427 g/mol. The normalized spacial score (nSPS) is 12.4. The monoisotopic (exact) mass is 426 g/mol. The summed E-state index contributed by atoms with van der Waals surface area (Å²) in [6.07, 6.45) is 0.824. The second-order valence-electron chi connectivity index (χ2n) is 6.56. The molecular weight excluding hydrogens is 408 g/mol. The zero-order valence-electron chi connectivity index (χ0n) is 16.0. The van der Waals surface area contributed by atoms with Crippen LogP contribution in [0.1, 0.15) is 31.3 Å². The first-order valence-corrected chi connectivity index (χ1v) is 10.5. The molecule has 2 heterocycles. The third-order valence-corrected chi connectivity index (χ3v) is 5.79. The van der Waals surface area contributed by atoms with Gasteiger partial charge in [0.1, 0.15) is 0 Å². The number of halogens is 1. The van der Waals surface area contributed by atoms with Gasteiger partial charge in [-0.15, -0.1) is 5.10 Å². The molecule has 0 radical (unpaired) electrons. The van der Waals surface area contributed by atoms with Crippen LogP contribution in [0.5, 0.6) is 0 Å². The molecular formula is C20H19ClN6OS. The molecule has 0 saturated heterocycles. The van der Waals surface area contributed by atoms with Crippen LogP contribution in [-0.2, 0) is 6.54 Å². The first-order chi connectivity index (χ1) is 14.1. The van der Waals surface area contributed by atoms with Gasteiger partial charge in [-0.25, -0.2) is 4.98 Å². The van der Waals surface area contributed by atoms with E-state index in [-0.39, 0.29) is 10.8 Å². The predicted molar refractivity (Wildman–Crippen MR) is 115 cm³/mol. The van der Waals surface area contributed by atoms with Crippen molar-refractivity contribution in [3.05, 3.63) is 69.7 Å². The minimum Gasteiger partial charge on any atom is -0.287 e. The lowest BCUT2D eigenvalue weighted by molar-refractivity contribution is 0.583. The van der Waals surface area contributed by atoms with Crippen molar-refractivity contribution in [3.63, 3.8) is 0 Å². The Hall–Kier alpha value is -2.71. The van der Waals surface area contributed by atoms with Crippen LogP contribution in [0.15, 0.2) is 58.5 Å². The number of hydrogen-bond donors (Lipinski definition) is 0. The summed E-state index contributed by atoms with van der Waals surface area (Å²) in [5.41, 5.74) is 1.40. The summed E-state index contributed by atoms with van der Waals surface area (Å²) in [4.78, 5) is 17.8. The first kappa shape index (κ1) is 19.6. The lowest BCUT2D eigenvalue weighted by atomic mass is 10.2. The predicted octanol–water partition coefficient (Wildman–Crippen LogP) is 4.29. The maximum Gasteiger partial charge on any atom is 0.262 e. The van der Waals surface area contributed by atoms with Crippen molar-refractivity contribution >= 4 is 34.3 Å². The van der Waals surface area contributed by atoms with E-state index in [1.165, 1.54) is 11.8 Å². The molecule has 4 aromatic rings. The van der Waals surface area contributed by atoms with Gasteiger partial charge < -0.3 is 0 Å². The zero-order valence-corrected chi connectivity index (χ0v) is 17.6. The van der Waals surface area contributed by atoms with Crippen LogP contribution in [0.25, 0.3) is 16.6 Å². The van der Waals surface area contributed by atoms with Crippen LogP contribution < -0.4 is 5.56 Å². The maximum absolute atomic E-state index is 13.0. The highest BCUT2D eigenvalue weighted by Gasteiger charge is 2.21. The SMILES string of the molecule is CCCn1c(S[C@@H](C)c2nnnn2-c2ccccc2)nc2cc(Cl)ccc2c1=O. The van der Waals surface area contributed by atoms with Gasteiger partial charge >= 0.3 is 0 Å². The molecule has 0 spiro atoms. The number of rotatable bonds is 6. The number of aromatic nitrogens is 6. The Bertz CT molecular complexity index is 1210. The summed E-state index contributed by atoms with van der Waals surface area (Å²) in [5, 5.41) is 13.8. The highest BCUT2D eigenvalue weighted by atomic mass is 35.5. The molecule has 0 fully saturated rings. The molecule has 9 heteroatoms. The zero-order chi connectivity index (χ0) is 20.4. The quantitative estimate of drug-likeness (QED) is 0.338. The van der Waals surface area contributed by atoms with Crippen LogP contribution in [0, 0.1) is 0 Å². The van der Waals surface area contributed by atoms with Gasteiger partial charge in [-0.2, -0.15) is 4.68 Å². The van der Waals surface area contributed by atoms with Crippen molar-refractivity contribution in [2.45, 2.75) is 37.2 Å². The minimum atomic E-state index is -0.128. The number of nitrogens with zero attached hydrogens (tertiary/aromatic N) is 6. The second kappa shape index (κ2) is 8.34. The third kappa shape index (κ3) is 3.90. The van der Waals surface area contributed by atoms with E-state index in [4.69, 9.17) is 16.6 Å². The van der Waals surface area contributed by atoms with Crippen LogP contribution in [-0.4, -0.2) is 29.8 Å². The molecule has 0 aliphatic carbocycles. The molecule has 0 aliphatic rings. The Kier molecular flexibility index (Phi) is 5.64. The molecule has 2 aromatic heterocycles. The van der Waals surface area contributed by atoms with Crippen LogP contribution >= 0.6 is 23.4 Å². The smallest absolute Gasteiger partial charge is 0.262 e. The number of benzene rings is 2. The Balaban J connectivity index is 1.75. The molecule has 0 unspecified atom stereocenters. The molecule has 0 aliphatic heterocycles. The Labute approximate surface area is 176 Å². The number of tetrazole rings is 1. The van der Waals surface area contributed by atoms with Crippen molar-refractivity contribution in [1.29, 1.82) is 0 Å². The van der Waals surface area contributed by atoms with Gasteiger partial charge in [0.2, 0.25) is 0 Å². The van der Waals surface area contributed by atoms with Gasteiger partial charge in [0, 0.05) is 11.6 Å². The standard InChI is InChI=1S/C20H19ClN6OS/c1-3-11-26-19(28)16-10-9-14(21)12-17(16)22-20(26)29-13(2)18-23-24-25-27(18)15-7-5-4-6-8-15/h4-10,12-13H,3,11H2,1-2H3/t13-/m0/s1. The molecule has 0 amide bonds. The molecule has 7 nitrogen and oxygen atoms in total. The van der Waals surface area contributed by atoms with Gasteiger partial charge in [0.25, 0.3) is 5.56 Å². The first-order valence-electron chi connectivity index (χ1n) is 9.29. The van der Waals surface area contributed by atoms with Gasteiger partial charge in [-0.3, -0.25) is 9.36 Å². The van der Waals surface area contributed by atoms with E-state index in [2.05, 4.69) is 15.5 Å². The molecule has 4 rings (SSSR count). The van der Waals surface area contributed by atoms with E-state index >= 15 is 0 Å². The number of fused-ring (bicyclic) bond motifs is 1. The van der Waals surface area contributed by atoms with E-state index < -0.39 is 0 Å². The minimum absolute atomic E-state index is 0.0640.